The third kappa shape index (κ3) is 5.22. The molecule has 0 N–H and O–H groups in total. The summed E-state index contributed by atoms with van der Waals surface area (Å²) in [7, 11) is -2.42. The van der Waals surface area contributed by atoms with E-state index in [1.54, 1.807) is 0 Å². The lowest BCUT2D eigenvalue weighted by molar-refractivity contribution is 0.304. The minimum atomic E-state index is -2.42. The lowest BCUT2D eigenvalue weighted by Crippen LogP contribution is -2.66. The zero-order valence-electron chi connectivity index (χ0n) is 15.4. The molecular formula is C20H24BBr3OSi. The van der Waals surface area contributed by atoms with Crippen LogP contribution in [0.4, 0.5) is 0 Å². The molecule has 2 aromatic carbocycles. The second kappa shape index (κ2) is 9.87. The van der Waals surface area contributed by atoms with Crippen LogP contribution in [-0.2, 0) is 4.43 Å². The second-order valence-electron chi connectivity index (χ2n) is 7.19. The summed E-state index contributed by atoms with van der Waals surface area (Å²) in [6, 6.07) is 21.5. The highest BCUT2D eigenvalue weighted by molar-refractivity contribution is 9.50. The summed E-state index contributed by atoms with van der Waals surface area (Å²) in [5.74, 6) is 0. The Balaban J connectivity index is 2.43. The highest BCUT2D eigenvalue weighted by Gasteiger charge is 2.49. The van der Waals surface area contributed by atoms with Gasteiger partial charge in [0.05, 0.1) is 0 Å². The number of halogens is 3. The second-order valence-corrected chi connectivity index (χ2v) is 15.5. The van der Waals surface area contributed by atoms with E-state index in [2.05, 4.69) is 135 Å². The van der Waals surface area contributed by atoms with Crippen LogP contribution in [0.1, 0.15) is 27.2 Å². The Hall–Kier alpha value is -0.138. The average molecular weight is 559 g/mol. The molecule has 0 saturated carbocycles. The van der Waals surface area contributed by atoms with E-state index in [-0.39, 0.29) is 9.40 Å². The van der Waals surface area contributed by atoms with Gasteiger partial charge in [-0.15, -0.1) is 31.5 Å². The molecule has 0 spiro atoms. The van der Waals surface area contributed by atoms with E-state index in [4.69, 9.17) is 4.43 Å². The Morgan fingerprint density at radius 2 is 1.42 bits per heavy atom. The van der Waals surface area contributed by atoms with Gasteiger partial charge in [0.2, 0.25) is 0 Å². The monoisotopic (exact) mass is 556 g/mol. The van der Waals surface area contributed by atoms with Crippen molar-refractivity contribution in [2.75, 3.05) is 6.61 Å². The zero-order valence-corrected chi connectivity index (χ0v) is 21.1. The van der Waals surface area contributed by atoms with Crippen LogP contribution < -0.4 is 10.4 Å². The molecule has 0 radical (unpaired) electrons. The van der Waals surface area contributed by atoms with E-state index in [1.165, 1.54) is 10.4 Å². The summed E-state index contributed by atoms with van der Waals surface area (Å²) in [6.45, 7) is 7.60. The molecule has 0 aromatic heterocycles. The first kappa shape index (κ1) is 22.2. The van der Waals surface area contributed by atoms with Gasteiger partial charge in [-0.3, -0.25) is 0 Å². The fourth-order valence-electron chi connectivity index (χ4n) is 3.26. The molecule has 1 nitrogen and oxygen atoms in total. The molecule has 0 aliphatic heterocycles. The Bertz CT molecular complexity index is 675. The van der Waals surface area contributed by atoms with Gasteiger partial charge in [-0.25, -0.2) is 0 Å². The smallest absolute Gasteiger partial charge is 0.336 e. The van der Waals surface area contributed by atoms with E-state index in [0.717, 1.165) is 10.8 Å². The Morgan fingerprint density at radius 3 is 1.81 bits per heavy atom. The van der Waals surface area contributed by atoms with Gasteiger partial charge in [0.25, 0.3) is 8.32 Å². The van der Waals surface area contributed by atoms with Gasteiger partial charge in [0.15, 0.2) is 0 Å². The third-order valence-electron chi connectivity index (χ3n) is 4.40. The van der Waals surface area contributed by atoms with Crippen molar-refractivity contribution in [3.05, 3.63) is 71.1 Å². The first-order valence-corrected chi connectivity index (χ1v) is 13.2. The average Bonchev–Trinajstić information content (AvgIpc) is 2.62. The van der Waals surface area contributed by atoms with Gasteiger partial charge in [-0.2, -0.15) is 0 Å². The highest BCUT2D eigenvalue weighted by Crippen LogP contribution is 2.36. The molecular weight excluding hydrogens is 535 g/mol. The van der Waals surface area contributed by atoms with Gasteiger partial charge in [-0.05, 0) is 26.2 Å². The summed E-state index contributed by atoms with van der Waals surface area (Å²) < 4.78 is 8.07. The van der Waals surface area contributed by atoms with Crippen molar-refractivity contribution in [3.8, 4) is 0 Å². The molecule has 0 unspecified atom stereocenters. The van der Waals surface area contributed by atoms with Crippen LogP contribution in [0.3, 0.4) is 0 Å². The molecule has 0 bridgehead atoms. The molecule has 0 amide bonds. The zero-order chi connectivity index (χ0) is 19.2. The maximum absolute atomic E-state index is 6.84. The van der Waals surface area contributed by atoms with Crippen LogP contribution >= 0.6 is 47.4 Å². The quantitative estimate of drug-likeness (QED) is 0.297. The van der Waals surface area contributed by atoms with E-state index in [0.29, 0.717) is 6.61 Å². The molecule has 6 heteroatoms. The van der Waals surface area contributed by atoms with Crippen LogP contribution in [0, 0.1) is 0 Å². The normalized spacial score (nSPS) is 12.9. The lowest BCUT2D eigenvalue weighted by Gasteiger charge is -2.43. The van der Waals surface area contributed by atoms with E-state index in [1.807, 2.05) is 0 Å². The van der Waals surface area contributed by atoms with Gasteiger partial charge in [0, 0.05) is 6.61 Å². The molecule has 0 aliphatic rings. The standard InChI is InChI=1S/C20H24BBr3OSi/c1-20(2,3)26(17-11-6-4-7-12-17,18-13-8-5-9-14-18)25-16-10-15-19(22)21(23)24/h4-9,11-15H,10,16H2,1-3H3/b19-15-. The fourth-order valence-corrected chi connectivity index (χ4v) is 8.44. The molecule has 0 fully saturated rings. The van der Waals surface area contributed by atoms with E-state index in [9.17, 15) is 0 Å². The molecule has 0 saturated heterocycles. The maximum Gasteiger partial charge on any atom is 0.336 e. The third-order valence-corrected chi connectivity index (χ3v) is 12.4. The van der Waals surface area contributed by atoms with Crippen LogP contribution in [0.2, 0.25) is 5.04 Å². The predicted octanol–water partition coefficient (Wildman–Crippen LogP) is 6.05. The summed E-state index contributed by atoms with van der Waals surface area (Å²) in [5, 5.41) is 2.66. The molecule has 2 rings (SSSR count). The number of hydrogen-bond donors (Lipinski definition) is 0. The largest absolute Gasteiger partial charge is 0.407 e. The summed E-state index contributed by atoms with van der Waals surface area (Å²) in [5.41, 5.74) is 0. The Kier molecular flexibility index (Phi) is 8.41. The minimum Gasteiger partial charge on any atom is -0.407 e. The predicted molar refractivity (Wildman–Crippen MR) is 129 cm³/mol. The molecule has 0 atom stereocenters. The Morgan fingerprint density at radius 1 is 0.962 bits per heavy atom. The molecule has 0 aliphatic carbocycles. The van der Waals surface area contributed by atoms with Gasteiger partial charge >= 0.3 is 4.36 Å². The number of hydrogen-bond acceptors (Lipinski definition) is 1. The molecule has 138 valence electrons. The van der Waals surface area contributed by atoms with Crippen LogP contribution in [0.25, 0.3) is 0 Å². The summed E-state index contributed by atoms with van der Waals surface area (Å²) in [4.78, 5) is 0. The number of benzene rings is 2. The molecule has 0 heterocycles. The maximum atomic E-state index is 6.84. The Labute approximate surface area is 183 Å². The van der Waals surface area contributed by atoms with Crippen molar-refractivity contribution >= 4 is 70.5 Å². The van der Waals surface area contributed by atoms with Crippen molar-refractivity contribution in [1.82, 2.24) is 0 Å². The van der Waals surface area contributed by atoms with Gasteiger partial charge in [0.1, 0.15) is 0 Å². The van der Waals surface area contributed by atoms with Crippen molar-refractivity contribution in [3.63, 3.8) is 0 Å². The first-order chi connectivity index (χ1) is 12.3. The van der Waals surface area contributed by atoms with Crippen molar-refractivity contribution in [2.45, 2.75) is 32.2 Å². The van der Waals surface area contributed by atoms with Crippen molar-refractivity contribution in [2.24, 2.45) is 0 Å². The highest BCUT2D eigenvalue weighted by atomic mass is 79.9. The fraction of sp³-hybridized carbons (Fsp3) is 0.300. The van der Waals surface area contributed by atoms with Gasteiger partial charge in [-0.1, -0.05) is 103 Å². The lowest BCUT2D eigenvalue weighted by atomic mass is 10.1. The molecule has 26 heavy (non-hydrogen) atoms. The van der Waals surface area contributed by atoms with Crippen LogP contribution in [-0.4, -0.2) is 19.3 Å². The minimum absolute atomic E-state index is 0.0179. The van der Waals surface area contributed by atoms with Gasteiger partial charge < -0.3 is 4.43 Å². The number of rotatable bonds is 7. The summed E-state index contributed by atoms with van der Waals surface area (Å²) >= 11 is 10.6. The van der Waals surface area contributed by atoms with E-state index < -0.39 is 8.32 Å². The SMILES string of the molecule is CC(C)(C)[Si](OCC/C=C(\Br)B(Br)Br)(c1ccccc1)c1ccccc1. The van der Waals surface area contributed by atoms with E-state index >= 15 is 0 Å². The molecule has 2 aromatic rings. The van der Waals surface area contributed by atoms with Crippen molar-refractivity contribution < 1.29 is 4.43 Å². The topological polar surface area (TPSA) is 9.23 Å². The summed E-state index contributed by atoms with van der Waals surface area (Å²) in [6.07, 6.45) is 3.02. The van der Waals surface area contributed by atoms with Crippen LogP contribution in [0.15, 0.2) is 71.1 Å². The first-order valence-electron chi connectivity index (χ1n) is 8.68. The van der Waals surface area contributed by atoms with Crippen molar-refractivity contribution in [1.29, 1.82) is 0 Å². The van der Waals surface area contributed by atoms with Crippen LogP contribution in [0.5, 0.6) is 0 Å².